The molecule has 5 heteroatoms. The number of nitrogens with two attached hydrogens (primary N) is 1. The van der Waals surface area contributed by atoms with Crippen LogP contribution in [0.3, 0.4) is 0 Å². The summed E-state index contributed by atoms with van der Waals surface area (Å²) in [7, 11) is 0. The molecule has 1 amide bonds. The van der Waals surface area contributed by atoms with Crippen molar-refractivity contribution < 1.29 is 9.90 Å². The van der Waals surface area contributed by atoms with Crippen LogP contribution >= 0.6 is 0 Å². The molecule has 2 atom stereocenters. The van der Waals surface area contributed by atoms with Gasteiger partial charge in [-0.2, -0.15) is 0 Å². The summed E-state index contributed by atoms with van der Waals surface area (Å²) in [5.74, 6) is -0.226. The van der Waals surface area contributed by atoms with Crippen LogP contribution in [0.15, 0.2) is 30.5 Å². The summed E-state index contributed by atoms with van der Waals surface area (Å²) in [6.45, 7) is 1.84. The average molecular weight is 275 g/mol. The third-order valence-electron chi connectivity index (χ3n) is 3.51. The number of para-hydroxylation sites is 1. The molecule has 2 rings (SSSR count). The van der Waals surface area contributed by atoms with Crippen LogP contribution in [-0.2, 0) is 11.2 Å². The van der Waals surface area contributed by atoms with Gasteiger partial charge in [0.25, 0.3) is 0 Å². The monoisotopic (exact) mass is 275 g/mol. The zero-order valence-corrected chi connectivity index (χ0v) is 11.6. The van der Waals surface area contributed by atoms with Gasteiger partial charge in [0, 0.05) is 17.1 Å². The Morgan fingerprint density at radius 2 is 2.20 bits per heavy atom. The molecule has 0 unspecified atom stereocenters. The molecule has 0 fully saturated rings. The summed E-state index contributed by atoms with van der Waals surface area (Å²) >= 11 is 0. The molecule has 2 aromatic rings. The molecule has 108 valence electrons. The first-order valence-corrected chi connectivity index (χ1v) is 6.87. The van der Waals surface area contributed by atoms with E-state index in [4.69, 9.17) is 10.8 Å². The summed E-state index contributed by atoms with van der Waals surface area (Å²) in [4.78, 5) is 15.1. The number of carbonyl (C=O) groups excluding carboxylic acids is 1. The molecular weight excluding hydrogens is 254 g/mol. The standard InChI is InChI=1S/C15H21N3O2/c1-2-11(9-19)18-15(20)13(16)7-10-8-17-14-6-4-3-5-12(10)14/h3-6,8,11,13,17,19H,2,7,9,16H2,1H3,(H,18,20)/t11-,13-/m0/s1. The Hall–Kier alpha value is -1.85. The molecule has 0 aliphatic carbocycles. The third-order valence-corrected chi connectivity index (χ3v) is 3.51. The van der Waals surface area contributed by atoms with Crippen molar-refractivity contribution in [2.45, 2.75) is 31.8 Å². The summed E-state index contributed by atoms with van der Waals surface area (Å²) in [6, 6.07) is 7.08. The Kier molecular flexibility index (Phi) is 4.76. The number of hydrogen-bond acceptors (Lipinski definition) is 3. The van der Waals surface area contributed by atoms with E-state index in [-0.39, 0.29) is 18.6 Å². The Labute approximate surface area is 118 Å². The lowest BCUT2D eigenvalue weighted by molar-refractivity contribution is -0.123. The molecule has 0 spiro atoms. The molecule has 1 aromatic carbocycles. The maximum atomic E-state index is 12.0. The number of aromatic amines is 1. The van der Waals surface area contributed by atoms with E-state index in [0.29, 0.717) is 12.8 Å². The van der Waals surface area contributed by atoms with Gasteiger partial charge in [0.2, 0.25) is 5.91 Å². The van der Waals surface area contributed by atoms with E-state index in [9.17, 15) is 4.79 Å². The van der Waals surface area contributed by atoms with Crippen LogP contribution in [-0.4, -0.2) is 34.7 Å². The van der Waals surface area contributed by atoms with Crippen molar-refractivity contribution in [1.29, 1.82) is 0 Å². The van der Waals surface area contributed by atoms with Gasteiger partial charge in [-0.25, -0.2) is 0 Å². The smallest absolute Gasteiger partial charge is 0.237 e. The predicted octanol–water partition coefficient (Wildman–Crippen LogP) is 0.925. The van der Waals surface area contributed by atoms with Crippen LogP contribution < -0.4 is 11.1 Å². The average Bonchev–Trinajstić information content (AvgIpc) is 2.87. The van der Waals surface area contributed by atoms with E-state index in [0.717, 1.165) is 16.5 Å². The number of aliphatic hydroxyl groups excluding tert-OH is 1. The minimum absolute atomic E-state index is 0.0674. The minimum Gasteiger partial charge on any atom is -0.394 e. The lowest BCUT2D eigenvalue weighted by Crippen LogP contribution is -2.47. The molecule has 20 heavy (non-hydrogen) atoms. The zero-order chi connectivity index (χ0) is 14.5. The maximum Gasteiger partial charge on any atom is 0.237 e. The van der Waals surface area contributed by atoms with E-state index >= 15 is 0 Å². The van der Waals surface area contributed by atoms with Gasteiger partial charge >= 0.3 is 0 Å². The lowest BCUT2D eigenvalue weighted by atomic mass is 10.0. The van der Waals surface area contributed by atoms with Gasteiger partial charge in [0.05, 0.1) is 18.7 Å². The number of benzene rings is 1. The van der Waals surface area contributed by atoms with Crippen molar-refractivity contribution in [2.75, 3.05) is 6.61 Å². The first-order chi connectivity index (χ1) is 9.65. The summed E-state index contributed by atoms with van der Waals surface area (Å²) in [5, 5.41) is 12.9. The van der Waals surface area contributed by atoms with E-state index in [1.54, 1.807) is 0 Å². The van der Waals surface area contributed by atoms with Crippen molar-refractivity contribution in [3.05, 3.63) is 36.0 Å². The molecule has 5 N–H and O–H groups in total. The summed E-state index contributed by atoms with van der Waals surface area (Å²) < 4.78 is 0. The predicted molar refractivity (Wildman–Crippen MR) is 79.3 cm³/mol. The van der Waals surface area contributed by atoms with Crippen LogP contribution in [0.5, 0.6) is 0 Å². The van der Waals surface area contributed by atoms with Gasteiger partial charge in [-0.3, -0.25) is 4.79 Å². The molecule has 1 heterocycles. The van der Waals surface area contributed by atoms with Gasteiger partial charge in [0.15, 0.2) is 0 Å². The van der Waals surface area contributed by atoms with Crippen LogP contribution in [0, 0.1) is 0 Å². The second-order valence-electron chi connectivity index (χ2n) is 4.97. The Balaban J connectivity index is 2.04. The maximum absolute atomic E-state index is 12.0. The molecular formula is C15H21N3O2. The number of amides is 1. The van der Waals surface area contributed by atoms with Crippen LogP contribution in [0.1, 0.15) is 18.9 Å². The topological polar surface area (TPSA) is 91.1 Å². The van der Waals surface area contributed by atoms with Gasteiger partial charge in [-0.15, -0.1) is 0 Å². The second-order valence-corrected chi connectivity index (χ2v) is 4.97. The number of hydrogen-bond donors (Lipinski definition) is 4. The van der Waals surface area contributed by atoms with Crippen molar-refractivity contribution in [3.63, 3.8) is 0 Å². The van der Waals surface area contributed by atoms with E-state index < -0.39 is 6.04 Å². The number of rotatable bonds is 6. The molecule has 0 aliphatic heterocycles. The number of H-pyrrole nitrogens is 1. The number of carbonyl (C=O) groups is 1. The van der Waals surface area contributed by atoms with Crippen molar-refractivity contribution in [2.24, 2.45) is 5.73 Å². The highest BCUT2D eigenvalue weighted by atomic mass is 16.3. The highest BCUT2D eigenvalue weighted by Crippen LogP contribution is 2.18. The van der Waals surface area contributed by atoms with Gasteiger partial charge in [-0.1, -0.05) is 25.1 Å². The Morgan fingerprint density at radius 1 is 1.45 bits per heavy atom. The molecule has 5 nitrogen and oxygen atoms in total. The summed E-state index contributed by atoms with van der Waals surface area (Å²) in [5.41, 5.74) is 8.02. The SMILES string of the molecule is CC[C@@H](CO)NC(=O)[C@@H](N)Cc1c[nH]c2ccccc12. The quantitative estimate of drug-likeness (QED) is 0.632. The second kappa shape index (κ2) is 6.54. The van der Waals surface area contributed by atoms with Gasteiger partial charge in [0.1, 0.15) is 0 Å². The number of aliphatic hydroxyl groups is 1. The Bertz CT molecular complexity index is 575. The van der Waals surface area contributed by atoms with Crippen LogP contribution in [0.2, 0.25) is 0 Å². The summed E-state index contributed by atoms with van der Waals surface area (Å²) in [6.07, 6.45) is 3.04. The van der Waals surface area contributed by atoms with Crippen molar-refractivity contribution >= 4 is 16.8 Å². The van der Waals surface area contributed by atoms with Crippen LogP contribution in [0.25, 0.3) is 10.9 Å². The molecule has 0 saturated carbocycles. The molecule has 1 aromatic heterocycles. The highest BCUT2D eigenvalue weighted by Gasteiger charge is 2.18. The first kappa shape index (κ1) is 14.6. The zero-order valence-electron chi connectivity index (χ0n) is 11.6. The number of nitrogens with one attached hydrogen (secondary N) is 2. The normalized spacial score (nSPS) is 14.2. The fourth-order valence-electron chi connectivity index (χ4n) is 2.22. The first-order valence-electron chi connectivity index (χ1n) is 6.87. The van der Waals surface area contributed by atoms with Gasteiger partial charge < -0.3 is 21.1 Å². The van der Waals surface area contributed by atoms with E-state index in [1.165, 1.54) is 0 Å². The number of fused-ring (bicyclic) bond motifs is 1. The van der Waals surface area contributed by atoms with Crippen molar-refractivity contribution in [1.82, 2.24) is 10.3 Å². The van der Waals surface area contributed by atoms with Gasteiger partial charge in [-0.05, 0) is 24.5 Å². The number of aromatic nitrogens is 1. The fraction of sp³-hybridized carbons (Fsp3) is 0.400. The van der Waals surface area contributed by atoms with E-state index in [2.05, 4.69) is 10.3 Å². The lowest BCUT2D eigenvalue weighted by Gasteiger charge is -2.17. The molecule has 0 aliphatic rings. The van der Waals surface area contributed by atoms with E-state index in [1.807, 2.05) is 37.4 Å². The highest BCUT2D eigenvalue weighted by molar-refractivity contribution is 5.86. The third kappa shape index (κ3) is 3.18. The molecule has 0 saturated heterocycles. The fourth-order valence-corrected chi connectivity index (χ4v) is 2.22. The Morgan fingerprint density at radius 3 is 2.90 bits per heavy atom. The minimum atomic E-state index is -0.616. The molecule has 0 radical (unpaired) electrons. The largest absolute Gasteiger partial charge is 0.394 e. The van der Waals surface area contributed by atoms with Crippen LogP contribution in [0.4, 0.5) is 0 Å². The van der Waals surface area contributed by atoms with Crippen molar-refractivity contribution in [3.8, 4) is 0 Å². The molecule has 0 bridgehead atoms.